The Hall–Kier alpha value is -1.05. The highest BCUT2D eigenvalue weighted by atomic mass is 79.9. The number of hydrogen-bond acceptors (Lipinski definition) is 3. The van der Waals surface area contributed by atoms with Gasteiger partial charge < -0.3 is 4.74 Å². The maximum atomic E-state index is 11.1. The van der Waals surface area contributed by atoms with Crippen molar-refractivity contribution < 1.29 is 9.53 Å². The molecule has 0 aromatic heterocycles. The van der Waals surface area contributed by atoms with Gasteiger partial charge in [0.2, 0.25) is 0 Å². The first kappa shape index (κ1) is 11.0. The molecule has 0 saturated carbocycles. The number of nitriles is 1. The van der Waals surface area contributed by atoms with Crippen molar-refractivity contribution in [3.05, 3.63) is 32.8 Å². The SMILES string of the molecule is COC(=O)c1cc(Cl)c(C#N)c(Br)c1. The Morgan fingerprint density at radius 2 is 2.29 bits per heavy atom. The van der Waals surface area contributed by atoms with E-state index in [0.717, 1.165) is 0 Å². The first-order valence-corrected chi connectivity index (χ1v) is 4.74. The van der Waals surface area contributed by atoms with E-state index in [9.17, 15) is 4.79 Å². The van der Waals surface area contributed by atoms with Crippen molar-refractivity contribution >= 4 is 33.5 Å². The Morgan fingerprint density at radius 1 is 1.64 bits per heavy atom. The summed E-state index contributed by atoms with van der Waals surface area (Å²) in [5.74, 6) is -0.489. The second-order valence-corrected chi connectivity index (χ2v) is 3.68. The van der Waals surface area contributed by atoms with E-state index in [1.165, 1.54) is 19.2 Å². The lowest BCUT2D eigenvalue weighted by molar-refractivity contribution is 0.0600. The van der Waals surface area contributed by atoms with E-state index in [-0.39, 0.29) is 5.02 Å². The van der Waals surface area contributed by atoms with E-state index >= 15 is 0 Å². The van der Waals surface area contributed by atoms with Crippen molar-refractivity contribution in [3.63, 3.8) is 0 Å². The van der Waals surface area contributed by atoms with E-state index in [2.05, 4.69) is 20.7 Å². The van der Waals surface area contributed by atoms with Crippen LogP contribution >= 0.6 is 27.5 Å². The second-order valence-electron chi connectivity index (χ2n) is 2.42. The first-order chi connectivity index (χ1) is 6.60. The van der Waals surface area contributed by atoms with Crippen LogP contribution in [-0.4, -0.2) is 13.1 Å². The minimum absolute atomic E-state index is 0.224. The molecular weight excluding hydrogens is 269 g/mol. The minimum Gasteiger partial charge on any atom is -0.465 e. The van der Waals surface area contributed by atoms with Gasteiger partial charge in [-0.15, -0.1) is 0 Å². The zero-order valence-electron chi connectivity index (χ0n) is 7.17. The fourth-order valence-corrected chi connectivity index (χ4v) is 1.84. The monoisotopic (exact) mass is 273 g/mol. The van der Waals surface area contributed by atoms with Gasteiger partial charge in [-0.3, -0.25) is 0 Å². The molecule has 0 saturated heterocycles. The van der Waals surface area contributed by atoms with E-state index in [1.54, 1.807) is 0 Å². The van der Waals surface area contributed by atoms with Gasteiger partial charge in [-0.2, -0.15) is 5.26 Å². The maximum Gasteiger partial charge on any atom is 0.337 e. The van der Waals surface area contributed by atoms with Crippen molar-refractivity contribution in [2.24, 2.45) is 0 Å². The molecule has 0 radical (unpaired) electrons. The molecule has 3 nitrogen and oxygen atoms in total. The van der Waals surface area contributed by atoms with Gasteiger partial charge >= 0.3 is 5.97 Å². The van der Waals surface area contributed by atoms with Crippen LogP contribution in [0, 0.1) is 11.3 Å². The van der Waals surface area contributed by atoms with E-state index < -0.39 is 5.97 Å². The third kappa shape index (κ3) is 2.06. The molecule has 0 aliphatic carbocycles. The van der Waals surface area contributed by atoms with E-state index in [4.69, 9.17) is 16.9 Å². The molecule has 14 heavy (non-hydrogen) atoms. The lowest BCUT2D eigenvalue weighted by Crippen LogP contribution is -2.01. The molecule has 0 spiro atoms. The molecule has 0 amide bonds. The van der Waals surface area contributed by atoms with Crippen molar-refractivity contribution in [1.82, 2.24) is 0 Å². The normalized spacial score (nSPS) is 9.29. The van der Waals surface area contributed by atoms with Crippen molar-refractivity contribution in [2.75, 3.05) is 7.11 Å². The quantitative estimate of drug-likeness (QED) is 0.740. The Balaban J connectivity index is 3.29. The van der Waals surface area contributed by atoms with Gasteiger partial charge in [-0.1, -0.05) is 11.6 Å². The number of carbonyl (C=O) groups is 1. The highest BCUT2D eigenvalue weighted by Gasteiger charge is 2.12. The summed E-state index contributed by atoms with van der Waals surface area (Å²) in [6, 6.07) is 4.81. The Bertz CT molecular complexity index is 402. The maximum absolute atomic E-state index is 11.1. The number of ether oxygens (including phenoxy) is 1. The highest BCUT2D eigenvalue weighted by molar-refractivity contribution is 9.10. The summed E-state index contributed by atoms with van der Waals surface area (Å²) in [4.78, 5) is 11.1. The average Bonchev–Trinajstić information content (AvgIpc) is 2.16. The van der Waals surface area contributed by atoms with Crippen LogP contribution in [0.4, 0.5) is 0 Å². The third-order valence-electron chi connectivity index (χ3n) is 1.58. The molecule has 1 aromatic rings. The van der Waals surface area contributed by atoms with Crippen LogP contribution in [0.1, 0.15) is 15.9 Å². The molecule has 1 aromatic carbocycles. The molecular formula is C9H5BrClNO2. The van der Waals surface area contributed by atoms with Crippen molar-refractivity contribution in [2.45, 2.75) is 0 Å². The zero-order chi connectivity index (χ0) is 10.7. The summed E-state index contributed by atoms with van der Waals surface area (Å²) in [6.45, 7) is 0. The van der Waals surface area contributed by atoms with Crippen LogP contribution in [0.25, 0.3) is 0 Å². The van der Waals surface area contributed by atoms with Crippen LogP contribution in [0.2, 0.25) is 5.02 Å². The van der Waals surface area contributed by atoms with Crippen molar-refractivity contribution in [3.8, 4) is 6.07 Å². The van der Waals surface area contributed by atoms with E-state index in [0.29, 0.717) is 15.6 Å². The summed E-state index contributed by atoms with van der Waals surface area (Å²) in [5.41, 5.74) is 0.614. The van der Waals surface area contributed by atoms with Gasteiger partial charge in [-0.25, -0.2) is 4.79 Å². The summed E-state index contributed by atoms with van der Waals surface area (Å²) in [7, 11) is 1.28. The Morgan fingerprint density at radius 3 is 2.71 bits per heavy atom. The van der Waals surface area contributed by atoms with Crippen LogP contribution in [0.3, 0.4) is 0 Å². The molecule has 0 aliphatic heterocycles. The van der Waals surface area contributed by atoms with Gasteiger partial charge in [0.25, 0.3) is 0 Å². The summed E-state index contributed by atoms with van der Waals surface area (Å²) in [6.07, 6.45) is 0. The molecule has 0 bridgehead atoms. The van der Waals surface area contributed by atoms with Gasteiger partial charge in [-0.05, 0) is 28.1 Å². The average molecular weight is 275 g/mol. The standard InChI is InChI=1S/C9H5BrClNO2/c1-14-9(13)5-2-7(10)6(4-12)8(11)3-5/h2-3H,1H3. The molecule has 0 aliphatic rings. The number of benzene rings is 1. The molecule has 5 heteroatoms. The first-order valence-electron chi connectivity index (χ1n) is 3.57. The summed E-state index contributed by atoms with van der Waals surface area (Å²) in [5, 5.41) is 8.93. The predicted octanol–water partition coefficient (Wildman–Crippen LogP) is 2.76. The highest BCUT2D eigenvalue weighted by Crippen LogP contribution is 2.26. The van der Waals surface area contributed by atoms with Gasteiger partial charge in [0.15, 0.2) is 0 Å². The lowest BCUT2D eigenvalue weighted by atomic mass is 10.1. The van der Waals surface area contributed by atoms with Crippen LogP contribution < -0.4 is 0 Å². The Labute approximate surface area is 94.4 Å². The Kier molecular flexibility index (Phi) is 3.50. The summed E-state index contributed by atoms with van der Waals surface area (Å²) >= 11 is 8.92. The number of nitrogens with zero attached hydrogens (tertiary/aromatic N) is 1. The molecule has 0 fully saturated rings. The van der Waals surface area contributed by atoms with Gasteiger partial charge in [0.05, 0.1) is 23.3 Å². The van der Waals surface area contributed by atoms with Crippen LogP contribution in [-0.2, 0) is 4.74 Å². The zero-order valence-corrected chi connectivity index (χ0v) is 9.52. The number of halogens is 2. The number of esters is 1. The summed E-state index contributed by atoms with van der Waals surface area (Å²) < 4.78 is 5.00. The van der Waals surface area contributed by atoms with Gasteiger partial charge in [0.1, 0.15) is 6.07 Å². The van der Waals surface area contributed by atoms with Crippen LogP contribution in [0.5, 0.6) is 0 Å². The topological polar surface area (TPSA) is 50.1 Å². The minimum atomic E-state index is -0.489. The fraction of sp³-hybridized carbons (Fsp3) is 0.111. The van der Waals surface area contributed by atoms with Crippen molar-refractivity contribution in [1.29, 1.82) is 5.26 Å². The lowest BCUT2D eigenvalue weighted by Gasteiger charge is -2.03. The molecule has 72 valence electrons. The second kappa shape index (κ2) is 4.45. The molecule has 0 unspecified atom stereocenters. The molecule has 0 N–H and O–H groups in total. The van der Waals surface area contributed by atoms with E-state index in [1.807, 2.05) is 6.07 Å². The largest absolute Gasteiger partial charge is 0.465 e. The number of carbonyl (C=O) groups excluding carboxylic acids is 1. The molecule has 0 heterocycles. The number of rotatable bonds is 1. The van der Waals surface area contributed by atoms with Crippen LogP contribution in [0.15, 0.2) is 16.6 Å². The third-order valence-corrected chi connectivity index (χ3v) is 2.50. The van der Waals surface area contributed by atoms with Gasteiger partial charge in [0, 0.05) is 4.47 Å². The number of methoxy groups -OCH3 is 1. The number of hydrogen-bond donors (Lipinski definition) is 0. The molecule has 0 atom stereocenters. The molecule has 1 rings (SSSR count). The fourth-order valence-electron chi connectivity index (χ4n) is 0.916. The smallest absolute Gasteiger partial charge is 0.337 e. The predicted molar refractivity (Wildman–Crippen MR) is 55.2 cm³/mol.